The van der Waals surface area contributed by atoms with Gasteiger partial charge in [0, 0.05) is 25.6 Å². The molecule has 0 amide bonds. The highest BCUT2D eigenvalue weighted by molar-refractivity contribution is 7.09. The second kappa shape index (κ2) is 7.57. The Labute approximate surface area is 129 Å². The predicted molar refractivity (Wildman–Crippen MR) is 77.2 cm³/mol. The summed E-state index contributed by atoms with van der Waals surface area (Å²) in [5.74, 6) is 0.612. The quantitative estimate of drug-likeness (QED) is 0.659. The first-order valence-corrected chi connectivity index (χ1v) is 7.35. The number of halogens is 1. The second-order valence-corrected chi connectivity index (χ2v) is 5.47. The van der Waals surface area contributed by atoms with Crippen molar-refractivity contribution >= 4 is 17.2 Å². The summed E-state index contributed by atoms with van der Waals surface area (Å²) in [6, 6.07) is 4.08. The molecule has 0 atom stereocenters. The van der Waals surface area contributed by atoms with Gasteiger partial charge < -0.3 is 23.2 Å². The molecule has 0 saturated carbocycles. The van der Waals surface area contributed by atoms with E-state index in [9.17, 15) is 0 Å². The molecule has 2 aromatic heterocycles. The number of hydrogen-bond donors (Lipinski definition) is 2. The molecule has 0 saturated heterocycles. The van der Waals surface area contributed by atoms with Crippen LogP contribution in [0.5, 0.6) is 0 Å². The van der Waals surface area contributed by atoms with E-state index in [1.807, 2.05) is 6.07 Å². The average Bonchev–Trinajstić information content (AvgIpc) is 2.74. The van der Waals surface area contributed by atoms with E-state index < -0.39 is 0 Å². The summed E-state index contributed by atoms with van der Waals surface area (Å²) in [4.78, 5) is 5.61. The van der Waals surface area contributed by atoms with Crippen LogP contribution in [0.2, 0.25) is 0 Å². The highest BCUT2D eigenvalue weighted by atomic mass is 35.5. The maximum Gasteiger partial charge on any atom is 0.225 e. The molecule has 2 rings (SSSR count). The largest absolute Gasteiger partial charge is 1.00 e. The lowest BCUT2D eigenvalue weighted by atomic mass is 10.2. The SMILES string of the molecule is CCc1ccc(C[n+]2csc(CCO)c2C)c(N)n1.[Cl-]. The molecule has 0 aromatic carbocycles. The Bertz CT molecular complexity index is 572. The first-order chi connectivity index (χ1) is 9.15. The van der Waals surface area contributed by atoms with Crippen LogP contribution in [0.25, 0.3) is 0 Å². The summed E-state index contributed by atoms with van der Waals surface area (Å²) in [6.07, 6.45) is 1.61. The van der Waals surface area contributed by atoms with Gasteiger partial charge in [-0.3, -0.25) is 0 Å². The van der Waals surface area contributed by atoms with Gasteiger partial charge in [-0.1, -0.05) is 18.3 Å². The Morgan fingerprint density at radius 2 is 2.15 bits per heavy atom. The minimum atomic E-state index is 0. The molecule has 2 aromatic rings. The van der Waals surface area contributed by atoms with Crippen LogP contribution in [0.15, 0.2) is 17.6 Å². The number of aryl methyl sites for hydroxylation is 1. The number of hydrogen-bond acceptors (Lipinski definition) is 4. The topological polar surface area (TPSA) is 63.0 Å². The minimum absolute atomic E-state index is 0. The van der Waals surface area contributed by atoms with Crippen LogP contribution in [-0.4, -0.2) is 16.7 Å². The molecule has 4 nitrogen and oxygen atoms in total. The number of nitrogens with zero attached hydrogens (tertiary/aromatic N) is 2. The maximum absolute atomic E-state index is 9.01. The average molecular weight is 314 g/mol. The van der Waals surface area contributed by atoms with Crippen molar-refractivity contribution in [1.82, 2.24) is 4.98 Å². The van der Waals surface area contributed by atoms with Crippen LogP contribution >= 0.6 is 11.3 Å². The summed E-state index contributed by atoms with van der Waals surface area (Å²) in [7, 11) is 0. The Balaban J connectivity index is 0.00000200. The molecule has 2 heterocycles. The lowest BCUT2D eigenvalue weighted by Gasteiger charge is -2.04. The number of pyridine rings is 1. The van der Waals surface area contributed by atoms with Crippen LogP contribution in [0.1, 0.15) is 28.8 Å². The number of nitrogens with two attached hydrogens (primary N) is 1. The first-order valence-electron chi connectivity index (χ1n) is 6.47. The highest BCUT2D eigenvalue weighted by Gasteiger charge is 2.16. The maximum atomic E-state index is 9.01. The Morgan fingerprint density at radius 3 is 2.75 bits per heavy atom. The molecule has 20 heavy (non-hydrogen) atoms. The van der Waals surface area contributed by atoms with Crippen molar-refractivity contribution < 1.29 is 22.1 Å². The number of thiazole rings is 1. The van der Waals surface area contributed by atoms with Crippen molar-refractivity contribution in [3.63, 3.8) is 0 Å². The molecule has 0 bridgehead atoms. The number of anilines is 1. The first kappa shape index (κ1) is 16.9. The molecule has 110 valence electrons. The highest BCUT2D eigenvalue weighted by Crippen LogP contribution is 2.14. The summed E-state index contributed by atoms with van der Waals surface area (Å²) in [5, 5.41) is 9.01. The number of aliphatic hydroxyl groups is 1. The lowest BCUT2D eigenvalue weighted by Crippen LogP contribution is -3.00. The molecular formula is C14H20ClN3OS. The van der Waals surface area contributed by atoms with Gasteiger partial charge >= 0.3 is 0 Å². The third-order valence-corrected chi connectivity index (χ3v) is 4.41. The van der Waals surface area contributed by atoms with Crippen LogP contribution in [0.3, 0.4) is 0 Å². The van der Waals surface area contributed by atoms with E-state index in [1.54, 1.807) is 11.3 Å². The molecule has 6 heteroatoms. The van der Waals surface area contributed by atoms with Gasteiger partial charge in [0.25, 0.3) is 0 Å². The van der Waals surface area contributed by atoms with Crippen LogP contribution in [0.4, 0.5) is 5.82 Å². The van der Waals surface area contributed by atoms with Crippen molar-refractivity contribution in [3.8, 4) is 0 Å². The van der Waals surface area contributed by atoms with Crippen LogP contribution in [-0.2, 0) is 19.4 Å². The zero-order chi connectivity index (χ0) is 13.8. The zero-order valence-corrected chi connectivity index (χ0v) is 13.3. The van der Waals surface area contributed by atoms with E-state index in [2.05, 4.69) is 35.0 Å². The third-order valence-electron chi connectivity index (χ3n) is 3.27. The molecule has 0 aliphatic heterocycles. The Morgan fingerprint density at radius 1 is 1.40 bits per heavy atom. The number of aliphatic hydroxyl groups excluding tert-OH is 1. The summed E-state index contributed by atoms with van der Waals surface area (Å²) in [5.41, 5.74) is 11.3. The lowest BCUT2D eigenvalue weighted by molar-refractivity contribution is -0.689. The van der Waals surface area contributed by atoms with E-state index in [0.717, 1.165) is 24.2 Å². The van der Waals surface area contributed by atoms with E-state index >= 15 is 0 Å². The summed E-state index contributed by atoms with van der Waals surface area (Å²) >= 11 is 1.68. The minimum Gasteiger partial charge on any atom is -1.00 e. The van der Waals surface area contributed by atoms with E-state index in [4.69, 9.17) is 10.8 Å². The standard InChI is InChI=1S/C14H20N3OS.ClH/c1-3-12-5-4-11(14(15)16-12)8-17-9-19-13(6-7-18)10(17)2;/h4-5,9,18H,3,6-8H2,1-2H3,(H2,15,16);1H/q+1;/p-1. The smallest absolute Gasteiger partial charge is 0.225 e. The van der Waals surface area contributed by atoms with Crippen molar-refractivity contribution in [2.24, 2.45) is 0 Å². The van der Waals surface area contributed by atoms with Gasteiger partial charge in [-0.05, 0) is 18.6 Å². The number of rotatable bonds is 5. The molecule has 0 radical (unpaired) electrons. The van der Waals surface area contributed by atoms with Crippen molar-refractivity contribution in [2.75, 3.05) is 12.3 Å². The van der Waals surface area contributed by atoms with Gasteiger partial charge in [-0.15, -0.1) is 0 Å². The van der Waals surface area contributed by atoms with Gasteiger partial charge in [-0.2, -0.15) is 4.57 Å². The van der Waals surface area contributed by atoms with Gasteiger partial charge in [-0.25, -0.2) is 4.98 Å². The second-order valence-electron chi connectivity index (χ2n) is 4.53. The number of aromatic nitrogens is 2. The fraction of sp³-hybridized carbons (Fsp3) is 0.429. The van der Waals surface area contributed by atoms with E-state index in [-0.39, 0.29) is 19.0 Å². The van der Waals surface area contributed by atoms with Crippen LogP contribution < -0.4 is 22.7 Å². The normalized spacial score (nSPS) is 10.3. The fourth-order valence-corrected chi connectivity index (χ4v) is 2.99. The summed E-state index contributed by atoms with van der Waals surface area (Å²) in [6.45, 7) is 5.07. The summed E-state index contributed by atoms with van der Waals surface area (Å²) < 4.78 is 2.16. The number of nitrogen functional groups attached to an aromatic ring is 1. The van der Waals surface area contributed by atoms with Gasteiger partial charge in [0.15, 0.2) is 12.2 Å². The molecule has 3 N–H and O–H groups in total. The fourth-order valence-electron chi connectivity index (χ4n) is 2.01. The molecule has 0 aliphatic rings. The predicted octanol–water partition coefficient (Wildman–Crippen LogP) is -1.53. The third kappa shape index (κ3) is 3.69. The van der Waals surface area contributed by atoms with Crippen molar-refractivity contribution in [1.29, 1.82) is 0 Å². The Hall–Kier alpha value is -1.17. The molecule has 0 aliphatic carbocycles. The van der Waals surface area contributed by atoms with Crippen molar-refractivity contribution in [3.05, 3.63) is 39.5 Å². The van der Waals surface area contributed by atoms with Gasteiger partial charge in [0.2, 0.25) is 5.51 Å². The molecule has 0 spiro atoms. The van der Waals surface area contributed by atoms with E-state index in [0.29, 0.717) is 12.2 Å². The molecule has 0 fully saturated rings. The van der Waals surface area contributed by atoms with Gasteiger partial charge in [0.1, 0.15) is 5.82 Å². The molecular weight excluding hydrogens is 294 g/mol. The molecule has 0 unspecified atom stereocenters. The zero-order valence-electron chi connectivity index (χ0n) is 11.8. The monoisotopic (exact) mass is 313 g/mol. The van der Waals surface area contributed by atoms with Crippen LogP contribution in [0, 0.1) is 6.92 Å². The van der Waals surface area contributed by atoms with Crippen molar-refractivity contribution in [2.45, 2.75) is 33.2 Å². The Kier molecular flexibility index (Phi) is 6.39. The van der Waals surface area contributed by atoms with Gasteiger partial charge in [0.05, 0.1) is 10.4 Å². The van der Waals surface area contributed by atoms with E-state index in [1.165, 1.54) is 10.6 Å².